The quantitative estimate of drug-likeness (QED) is 0.894. The fourth-order valence-electron chi connectivity index (χ4n) is 2.95. The minimum absolute atomic E-state index is 0.0249. The highest BCUT2D eigenvalue weighted by atomic mass is 16.3. The molecule has 1 aliphatic rings. The van der Waals surface area contributed by atoms with Crippen LogP contribution < -0.4 is 5.32 Å². The first-order valence-electron chi connectivity index (χ1n) is 7.34. The Hall–Kier alpha value is -1.95. The van der Waals surface area contributed by atoms with Crippen molar-refractivity contribution in [2.75, 3.05) is 6.61 Å². The van der Waals surface area contributed by atoms with Gasteiger partial charge >= 0.3 is 0 Å². The zero-order chi connectivity index (χ0) is 14.9. The number of nitrogens with zero attached hydrogens (tertiary/aromatic N) is 3. The van der Waals surface area contributed by atoms with E-state index in [1.54, 1.807) is 29.3 Å². The van der Waals surface area contributed by atoms with Gasteiger partial charge in [0.2, 0.25) is 0 Å². The summed E-state index contributed by atoms with van der Waals surface area (Å²) in [6, 6.07) is 0. The largest absolute Gasteiger partial charge is 0.394 e. The summed E-state index contributed by atoms with van der Waals surface area (Å²) < 4.78 is 1.62. The van der Waals surface area contributed by atoms with Crippen LogP contribution in [0.4, 0.5) is 0 Å². The molecule has 0 aromatic carbocycles. The molecular weight excluding hydrogens is 268 g/mol. The highest BCUT2D eigenvalue weighted by Crippen LogP contribution is 2.32. The van der Waals surface area contributed by atoms with Gasteiger partial charge in [0.1, 0.15) is 0 Å². The van der Waals surface area contributed by atoms with E-state index in [-0.39, 0.29) is 12.5 Å². The van der Waals surface area contributed by atoms with Gasteiger partial charge in [-0.15, -0.1) is 0 Å². The zero-order valence-corrected chi connectivity index (χ0v) is 12.1. The van der Waals surface area contributed by atoms with Gasteiger partial charge in [0.05, 0.1) is 35.6 Å². The molecule has 0 spiro atoms. The van der Waals surface area contributed by atoms with E-state index in [1.807, 2.05) is 0 Å². The summed E-state index contributed by atoms with van der Waals surface area (Å²) >= 11 is 0. The second kappa shape index (κ2) is 5.44. The average molecular weight is 288 g/mol. The number of hydrogen-bond acceptors (Lipinski definition) is 4. The molecule has 2 aromatic rings. The summed E-state index contributed by atoms with van der Waals surface area (Å²) in [5, 5.41) is 16.9. The molecule has 0 saturated heterocycles. The van der Waals surface area contributed by atoms with Crippen molar-refractivity contribution in [1.82, 2.24) is 19.9 Å². The van der Waals surface area contributed by atoms with Gasteiger partial charge in [-0.3, -0.25) is 9.78 Å². The summed E-state index contributed by atoms with van der Waals surface area (Å²) in [7, 11) is 0. The summed E-state index contributed by atoms with van der Waals surface area (Å²) in [4.78, 5) is 16.6. The monoisotopic (exact) mass is 288 g/mol. The van der Waals surface area contributed by atoms with Crippen LogP contribution in [0, 0.1) is 5.92 Å². The lowest BCUT2D eigenvalue weighted by Gasteiger charge is -2.38. The number of carbonyl (C=O) groups excluding carboxylic acids is 1. The van der Waals surface area contributed by atoms with E-state index in [9.17, 15) is 9.90 Å². The van der Waals surface area contributed by atoms with E-state index >= 15 is 0 Å². The van der Waals surface area contributed by atoms with Gasteiger partial charge in [-0.2, -0.15) is 5.10 Å². The van der Waals surface area contributed by atoms with E-state index in [4.69, 9.17) is 0 Å². The summed E-state index contributed by atoms with van der Waals surface area (Å²) in [6.07, 6.45) is 10.2. The molecule has 2 N–H and O–H groups in total. The smallest absolute Gasteiger partial charge is 0.255 e. The molecule has 6 heteroatoms. The van der Waals surface area contributed by atoms with Gasteiger partial charge < -0.3 is 10.4 Å². The van der Waals surface area contributed by atoms with Crippen molar-refractivity contribution in [3.63, 3.8) is 0 Å². The molecule has 0 bridgehead atoms. The van der Waals surface area contributed by atoms with Crippen molar-refractivity contribution < 1.29 is 9.90 Å². The Balaban J connectivity index is 1.82. The second-order valence-electron chi connectivity index (χ2n) is 6.04. The molecule has 2 heterocycles. The molecule has 0 atom stereocenters. The number of aliphatic hydroxyl groups is 1. The molecule has 1 fully saturated rings. The van der Waals surface area contributed by atoms with Crippen molar-refractivity contribution >= 4 is 11.4 Å². The van der Waals surface area contributed by atoms with Crippen molar-refractivity contribution in [1.29, 1.82) is 0 Å². The molecule has 6 nitrogen and oxygen atoms in total. The van der Waals surface area contributed by atoms with Crippen LogP contribution in [0.15, 0.2) is 24.8 Å². The third-order valence-electron chi connectivity index (χ3n) is 4.48. The Morgan fingerprint density at radius 2 is 2.24 bits per heavy atom. The normalized spacial score (nSPS) is 25.9. The van der Waals surface area contributed by atoms with Gasteiger partial charge in [0, 0.05) is 12.4 Å². The van der Waals surface area contributed by atoms with Crippen molar-refractivity contribution in [2.24, 2.45) is 5.92 Å². The van der Waals surface area contributed by atoms with E-state index in [0.717, 1.165) is 25.7 Å². The van der Waals surface area contributed by atoms with Crippen LogP contribution in [0.25, 0.3) is 5.52 Å². The standard InChI is InChI=1S/C15H20N4O2/c1-11-2-4-15(10-20,5-3-11)18-14(21)12-8-17-19-7-6-16-9-13(12)19/h6-9,11,20H,2-5,10H2,1H3,(H,18,21). The van der Waals surface area contributed by atoms with Crippen LogP contribution in [-0.2, 0) is 0 Å². The highest BCUT2D eigenvalue weighted by Gasteiger charge is 2.35. The fourth-order valence-corrected chi connectivity index (χ4v) is 2.95. The van der Waals surface area contributed by atoms with Crippen LogP contribution in [0.2, 0.25) is 0 Å². The number of nitrogens with one attached hydrogen (secondary N) is 1. The first kappa shape index (κ1) is 14.0. The molecular formula is C15H20N4O2. The summed E-state index contributed by atoms with van der Waals surface area (Å²) in [5.74, 6) is 0.462. The molecule has 1 amide bonds. The molecule has 3 rings (SSSR count). The first-order valence-corrected chi connectivity index (χ1v) is 7.34. The topological polar surface area (TPSA) is 79.5 Å². The third kappa shape index (κ3) is 2.63. The van der Waals surface area contributed by atoms with E-state index in [2.05, 4.69) is 22.3 Å². The Kier molecular flexibility index (Phi) is 3.63. The Morgan fingerprint density at radius 1 is 1.48 bits per heavy atom. The lowest BCUT2D eigenvalue weighted by atomic mass is 9.77. The Morgan fingerprint density at radius 3 is 2.95 bits per heavy atom. The minimum Gasteiger partial charge on any atom is -0.394 e. The van der Waals surface area contributed by atoms with Gasteiger partial charge in [0.15, 0.2) is 0 Å². The number of fused-ring (bicyclic) bond motifs is 1. The van der Waals surface area contributed by atoms with E-state index < -0.39 is 5.54 Å². The van der Waals surface area contributed by atoms with E-state index in [1.165, 1.54) is 0 Å². The lowest BCUT2D eigenvalue weighted by Crippen LogP contribution is -2.53. The Labute approximate surface area is 123 Å². The maximum Gasteiger partial charge on any atom is 0.255 e. The average Bonchev–Trinajstić information content (AvgIpc) is 2.94. The van der Waals surface area contributed by atoms with Crippen molar-refractivity contribution in [3.8, 4) is 0 Å². The second-order valence-corrected chi connectivity index (χ2v) is 6.04. The predicted octanol–water partition coefficient (Wildman–Crippen LogP) is 1.40. The van der Waals surface area contributed by atoms with Gasteiger partial charge in [-0.05, 0) is 31.6 Å². The number of carbonyl (C=O) groups is 1. The SMILES string of the molecule is CC1CCC(CO)(NC(=O)c2cnn3ccncc23)CC1. The Bertz CT molecular complexity index is 644. The fraction of sp³-hybridized carbons (Fsp3) is 0.533. The number of aliphatic hydroxyl groups excluding tert-OH is 1. The van der Waals surface area contributed by atoms with E-state index in [0.29, 0.717) is 17.0 Å². The van der Waals surface area contributed by atoms with Crippen LogP contribution in [0.5, 0.6) is 0 Å². The third-order valence-corrected chi connectivity index (χ3v) is 4.48. The molecule has 0 unspecified atom stereocenters. The predicted molar refractivity (Wildman–Crippen MR) is 77.9 cm³/mol. The molecule has 0 radical (unpaired) electrons. The zero-order valence-electron chi connectivity index (χ0n) is 12.1. The van der Waals surface area contributed by atoms with Crippen LogP contribution >= 0.6 is 0 Å². The van der Waals surface area contributed by atoms with Crippen LogP contribution in [-0.4, -0.2) is 37.8 Å². The molecule has 112 valence electrons. The lowest BCUT2D eigenvalue weighted by molar-refractivity contribution is 0.0718. The maximum atomic E-state index is 12.5. The summed E-state index contributed by atoms with van der Waals surface area (Å²) in [6.45, 7) is 2.18. The number of rotatable bonds is 3. The first-order chi connectivity index (χ1) is 10.1. The van der Waals surface area contributed by atoms with Crippen LogP contribution in [0.3, 0.4) is 0 Å². The maximum absolute atomic E-state index is 12.5. The van der Waals surface area contributed by atoms with Gasteiger partial charge in [-0.1, -0.05) is 6.92 Å². The molecule has 0 aliphatic heterocycles. The van der Waals surface area contributed by atoms with Gasteiger partial charge in [0.25, 0.3) is 5.91 Å². The molecule has 2 aromatic heterocycles. The number of aromatic nitrogens is 3. The highest BCUT2D eigenvalue weighted by molar-refractivity contribution is 6.00. The number of hydrogen-bond donors (Lipinski definition) is 2. The number of amides is 1. The minimum atomic E-state index is -0.500. The van der Waals surface area contributed by atoms with Gasteiger partial charge in [-0.25, -0.2) is 4.52 Å². The van der Waals surface area contributed by atoms with Crippen molar-refractivity contribution in [3.05, 3.63) is 30.4 Å². The van der Waals surface area contributed by atoms with Crippen molar-refractivity contribution in [2.45, 2.75) is 38.1 Å². The molecule has 1 saturated carbocycles. The molecule has 21 heavy (non-hydrogen) atoms. The van der Waals surface area contributed by atoms with Crippen LogP contribution in [0.1, 0.15) is 43.0 Å². The summed E-state index contributed by atoms with van der Waals surface area (Å²) in [5.41, 5.74) is 0.668. The molecule has 1 aliphatic carbocycles.